The highest BCUT2D eigenvalue weighted by Crippen LogP contribution is 2.12. The molecule has 0 saturated heterocycles. The van der Waals surface area contributed by atoms with Crippen molar-refractivity contribution in [1.29, 1.82) is 0 Å². The van der Waals surface area contributed by atoms with E-state index < -0.39 is 0 Å². The minimum Gasteiger partial charge on any atom is -0.497 e. The number of ether oxygens (including phenoxy) is 1. The summed E-state index contributed by atoms with van der Waals surface area (Å²) in [6.07, 6.45) is 0.524. The fourth-order valence-electron chi connectivity index (χ4n) is 2.55. The second kappa shape index (κ2) is 13.8. The lowest BCUT2D eigenvalue weighted by molar-refractivity contribution is 0.0954. The predicted octanol–water partition coefficient (Wildman–Crippen LogP) is 2.98. The fraction of sp³-hybridized carbons (Fsp3) is 0.333. The van der Waals surface area contributed by atoms with Crippen molar-refractivity contribution >= 4 is 35.8 Å². The molecule has 0 saturated carbocycles. The standard InChI is InChI=1S/C21H27FN4O2.HI/c1-3-23-21(25-12-11-16-7-4-5-10-19(16)22)26-14-13-24-20(27)17-8-6-9-18(15-17)28-2;/h4-10,15H,3,11-14H2,1-2H3,(H,24,27)(H2,23,25,26);1H. The first kappa shape index (κ1) is 24.7. The normalized spacial score (nSPS) is 10.7. The number of methoxy groups -OCH3 is 1. The van der Waals surface area contributed by atoms with Crippen molar-refractivity contribution in [2.45, 2.75) is 13.3 Å². The first-order valence-corrected chi connectivity index (χ1v) is 9.32. The molecule has 29 heavy (non-hydrogen) atoms. The number of aliphatic imine (C=N–C) groups is 1. The number of amides is 1. The van der Waals surface area contributed by atoms with Crippen molar-refractivity contribution < 1.29 is 13.9 Å². The molecule has 2 aromatic rings. The third kappa shape index (κ3) is 8.68. The van der Waals surface area contributed by atoms with Crippen LogP contribution in [0.1, 0.15) is 22.8 Å². The zero-order valence-corrected chi connectivity index (χ0v) is 19.0. The highest BCUT2D eigenvalue weighted by molar-refractivity contribution is 14.0. The van der Waals surface area contributed by atoms with Crippen LogP contribution in [0.3, 0.4) is 0 Å². The molecular formula is C21H28FIN4O2. The highest BCUT2D eigenvalue weighted by atomic mass is 127. The molecule has 0 aliphatic carbocycles. The van der Waals surface area contributed by atoms with E-state index in [0.29, 0.717) is 55.4 Å². The maximum absolute atomic E-state index is 13.6. The molecular weight excluding hydrogens is 486 g/mol. The number of guanidine groups is 1. The Labute approximate surface area is 188 Å². The monoisotopic (exact) mass is 514 g/mol. The van der Waals surface area contributed by atoms with Crippen LogP contribution >= 0.6 is 24.0 Å². The number of benzene rings is 2. The largest absolute Gasteiger partial charge is 0.497 e. The molecule has 0 atom stereocenters. The summed E-state index contributed by atoms with van der Waals surface area (Å²) >= 11 is 0. The van der Waals surface area contributed by atoms with Crippen LogP contribution in [0.5, 0.6) is 5.75 Å². The van der Waals surface area contributed by atoms with Crippen molar-refractivity contribution in [2.75, 3.05) is 33.3 Å². The molecule has 3 N–H and O–H groups in total. The molecule has 0 bridgehead atoms. The van der Waals surface area contributed by atoms with Crippen LogP contribution in [-0.2, 0) is 6.42 Å². The minimum absolute atomic E-state index is 0. The van der Waals surface area contributed by atoms with E-state index in [-0.39, 0.29) is 35.7 Å². The second-order valence-electron chi connectivity index (χ2n) is 6.02. The minimum atomic E-state index is -0.212. The summed E-state index contributed by atoms with van der Waals surface area (Å²) in [4.78, 5) is 16.6. The van der Waals surface area contributed by atoms with Crippen LogP contribution in [0, 0.1) is 5.82 Å². The van der Waals surface area contributed by atoms with Gasteiger partial charge in [0.1, 0.15) is 11.6 Å². The SMILES string of the molecule is CCNC(=NCCc1ccccc1F)NCCNC(=O)c1cccc(OC)c1.I. The third-order valence-electron chi connectivity index (χ3n) is 3.99. The molecule has 0 fully saturated rings. The van der Waals surface area contributed by atoms with Gasteiger partial charge in [0, 0.05) is 31.7 Å². The Balaban J connectivity index is 0.00000420. The molecule has 158 valence electrons. The van der Waals surface area contributed by atoms with Gasteiger partial charge >= 0.3 is 0 Å². The zero-order valence-electron chi connectivity index (χ0n) is 16.7. The number of hydrogen-bond donors (Lipinski definition) is 3. The van der Waals surface area contributed by atoms with Crippen LogP contribution in [-0.4, -0.2) is 45.2 Å². The van der Waals surface area contributed by atoms with E-state index in [1.54, 1.807) is 43.5 Å². The molecule has 6 nitrogen and oxygen atoms in total. The number of nitrogens with zero attached hydrogens (tertiary/aromatic N) is 1. The van der Waals surface area contributed by atoms with E-state index in [1.807, 2.05) is 13.0 Å². The van der Waals surface area contributed by atoms with Gasteiger partial charge in [-0.3, -0.25) is 9.79 Å². The van der Waals surface area contributed by atoms with Crippen molar-refractivity contribution in [3.8, 4) is 5.75 Å². The Morgan fingerprint density at radius 2 is 1.83 bits per heavy atom. The van der Waals surface area contributed by atoms with Gasteiger partial charge in [0.15, 0.2) is 5.96 Å². The molecule has 8 heteroatoms. The lowest BCUT2D eigenvalue weighted by Gasteiger charge is -2.12. The number of carbonyl (C=O) groups excluding carboxylic acids is 1. The maximum atomic E-state index is 13.6. The van der Waals surface area contributed by atoms with Gasteiger partial charge < -0.3 is 20.7 Å². The lowest BCUT2D eigenvalue weighted by atomic mass is 10.1. The van der Waals surface area contributed by atoms with E-state index in [1.165, 1.54) is 6.07 Å². The summed E-state index contributed by atoms with van der Waals surface area (Å²) in [5.41, 5.74) is 1.19. The molecule has 0 unspecified atom stereocenters. The third-order valence-corrected chi connectivity index (χ3v) is 3.99. The summed E-state index contributed by atoms with van der Waals surface area (Å²) in [6.45, 7) is 4.10. The van der Waals surface area contributed by atoms with E-state index in [4.69, 9.17) is 4.74 Å². The summed E-state index contributed by atoms with van der Waals surface area (Å²) in [7, 11) is 1.56. The van der Waals surface area contributed by atoms with Crippen LogP contribution in [0.4, 0.5) is 4.39 Å². The van der Waals surface area contributed by atoms with Crippen LogP contribution in [0.15, 0.2) is 53.5 Å². The topological polar surface area (TPSA) is 74.8 Å². The van der Waals surface area contributed by atoms with Gasteiger partial charge in [-0.15, -0.1) is 24.0 Å². The summed E-state index contributed by atoms with van der Waals surface area (Å²) in [5.74, 6) is 0.898. The lowest BCUT2D eigenvalue weighted by Crippen LogP contribution is -2.41. The Hall–Kier alpha value is -2.36. The summed E-state index contributed by atoms with van der Waals surface area (Å²) < 4.78 is 18.8. The average Bonchev–Trinajstić information content (AvgIpc) is 2.72. The Morgan fingerprint density at radius 1 is 1.07 bits per heavy atom. The van der Waals surface area contributed by atoms with E-state index in [2.05, 4.69) is 20.9 Å². The van der Waals surface area contributed by atoms with Gasteiger partial charge in [-0.2, -0.15) is 0 Å². The Kier molecular flexibility index (Phi) is 11.7. The van der Waals surface area contributed by atoms with Crippen molar-refractivity contribution in [1.82, 2.24) is 16.0 Å². The van der Waals surface area contributed by atoms with Crippen molar-refractivity contribution in [2.24, 2.45) is 4.99 Å². The molecule has 0 aliphatic heterocycles. The summed E-state index contributed by atoms with van der Waals surface area (Å²) in [5, 5.41) is 9.14. The number of nitrogens with one attached hydrogen (secondary N) is 3. The molecule has 0 aromatic heterocycles. The molecule has 2 rings (SSSR count). The van der Waals surface area contributed by atoms with E-state index in [0.717, 1.165) is 0 Å². The first-order chi connectivity index (χ1) is 13.6. The van der Waals surface area contributed by atoms with Crippen LogP contribution < -0.4 is 20.7 Å². The van der Waals surface area contributed by atoms with E-state index in [9.17, 15) is 9.18 Å². The molecule has 1 amide bonds. The van der Waals surface area contributed by atoms with Gasteiger partial charge in [-0.05, 0) is 43.2 Å². The van der Waals surface area contributed by atoms with Gasteiger partial charge in [0.05, 0.1) is 7.11 Å². The predicted molar refractivity (Wildman–Crippen MR) is 125 cm³/mol. The fourth-order valence-corrected chi connectivity index (χ4v) is 2.55. The average molecular weight is 514 g/mol. The molecule has 0 spiro atoms. The number of carbonyl (C=O) groups is 1. The van der Waals surface area contributed by atoms with Gasteiger partial charge in [-0.25, -0.2) is 4.39 Å². The number of halogens is 2. The van der Waals surface area contributed by atoms with Crippen LogP contribution in [0.2, 0.25) is 0 Å². The van der Waals surface area contributed by atoms with Crippen LogP contribution in [0.25, 0.3) is 0 Å². The number of hydrogen-bond acceptors (Lipinski definition) is 3. The zero-order chi connectivity index (χ0) is 20.2. The van der Waals surface area contributed by atoms with Crippen molar-refractivity contribution in [3.63, 3.8) is 0 Å². The summed E-state index contributed by atoms with van der Waals surface area (Å²) in [6, 6.07) is 13.7. The van der Waals surface area contributed by atoms with Gasteiger partial charge in [0.25, 0.3) is 5.91 Å². The smallest absolute Gasteiger partial charge is 0.251 e. The highest BCUT2D eigenvalue weighted by Gasteiger charge is 2.06. The van der Waals surface area contributed by atoms with Gasteiger partial charge in [0.2, 0.25) is 0 Å². The first-order valence-electron chi connectivity index (χ1n) is 9.32. The Bertz CT molecular complexity index is 802. The maximum Gasteiger partial charge on any atom is 0.251 e. The number of rotatable bonds is 9. The Morgan fingerprint density at radius 3 is 2.55 bits per heavy atom. The molecule has 0 radical (unpaired) electrons. The second-order valence-corrected chi connectivity index (χ2v) is 6.02. The molecule has 2 aromatic carbocycles. The van der Waals surface area contributed by atoms with E-state index >= 15 is 0 Å². The molecule has 0 heterocycles. The molecule has 0 aliphatic rings. The van der Waals surface area contributed by atoms with Gasteiger partial charge in [-0.1, -0.05) is 24.3 Å². The quantitative estimate of drug-likeness (QED) is 0.208. The van der Waals surface area contributed by atoms with Crippen molar-refractivity contribution in [3.05, 3.63) is 65.5 Å².